The first-order chi connectivity index (χ1) is 13.5. The van der Waals surface area contributed by atoms with E-state index in [1.807, 2.05) is 6.07 Å². The molecule has 0 bridgehead atoms. The predicted octanol–water partition coefficient (Wildman–Crippen LogP) is 4.46. The molecule has 5 nitrogen and oxygen atoms in total. The van der Waals surface area contributed by atoms with Gasteiger partial charge in [0.25, 0.3) is 11.8 Å². The summed E-state index contributed by atoms with van der Waals surface area (Å²) in [4.78, 5) is 30.0. The maximum atomic E-state index is 12.8. The van der Waals surface area contributed by atoms with E-state index in [1.54, 1.807) is 49.6 Å². The minimum atomic E-state index is -0.270. The molecule has 0 fully saturated rings. The average molecular weight is 391 g/mol. The molecule has 142 valence electrons. The summed E-state index contributed by atoms with van der Waals surface area (Å²) in [5.74, 6) is -0.475. The normalized spacial score (nSPS) is 10.4. The number of pyridine rings is 1. The first-order valence-corrected chi connectivity index (χ1v) is 9.63. The monoisotopic (exact) mass is 391 g/mol. The van der Waals surface area contributed by atoms with Crippen molar-refractivity contribution in [2.75, 3.05) is 12.4 Å². The highest BCUT2D eigenvalue weighted by Gasteiger charge is 2.15. The van der Waals surface area contributed by atoms with Crippen molar-refractivity contribution in [3.8, 4) is 0 Å². The fraction of sp³-hybridized carbons (Fsp3) is 0.136. The molecule has 0 aliphatic carbocycles. The zero-order valence-corrected chi connectivity index (χ0v) is 16.8. The molecule has 0 saturated carbocycles. The standard InChI is InChI=1S/C22H21N3O2S/c1-14-9-10-18(12-15(14)2)28-22-19(8-5-11-24-22)21(27)25-17-7-4-6-16(13-17)20(26)23-3/h4-13H,1-3H3,(H,23,26)(H,25,27). The van der Waals surface area contributed by atoms with E-state index in [2.05, 4.69) is 41.6 Å². The molecule has 0 unspecified atom stereocenters. The number of benzene rings is 2. The molecule has 2 aromatic carbocycles. The Hall–Kier alpha value is -3.12. The number of hydrogen-bond acceptors (Lipinski definition) is 4. The fourth-order valence-corrected chi connectivity index (χ4v) is 3.59. The molecule has 3 aromatic rings. The lowest BCUT2D eigenvalue weighted by Crippen LogP contribution is -2.18. The summed E-state index contributed by atoms with van der Waals surface area (Å²) in [7, 11) is 1.57. The summed E-state index contributed by atoms with van der Waals surface area (Å²) in [5.41, 5.74) is 3.93. The lowest BCUT2D eigenvalue weighted by Gasteiger charge is -2.11. The van der Waals surface area contributed by atoms with Gasteiger partial charge in [0, 0.05) is 29.4 Å². The van der Waals surface area contributed by atoms with Gasteiger partial charge in [-0.2, -0.15) is 0 Å². The van der Waals surface area contributed by atoms with Crippen LogP contribution in [0.1, 0.15) is 31.8 Å². The number of anilines is 1. The summed E-state index contributed by atoms with van der Waals surface area (Å²) in [6.07, 6.45) is 1.67. The van der Waals surface area contributed by atoms with Crippen LogP contribution in [0.4, 0.5) is 5.69 Å². The van der Waals surface area contributed by atoms with Crippen molar-refractivity contribution in [3.63, 3.8) is 0 Å². The number of hydrogen-bond donors (Lipinski definition) is 2. The Morgan fingerprint density at radius 2 is 1.75 bits per heavy atom. The highest BCUT2D eigenvalue weighted by Crippen LogP contribution is 2.30. The second-order valence-corrected chi connectivity index (χ2v) is 7.38. The number of aryl methyl sites for hydroxylation is 2. The Morgan fingerprint density at radius 3 is 2.50 bits per heavy atom. The number of rotatable bonds is 5. The van der Waals surface area contributed by atoms with E-state index in [4.69, 9.17) is 0 Å². The van der Waals surface area contributed by atoms with E-state index in [-0.39, 0.29) is 11.8 Å². The molecule has 0 radical (unpaired) electrons. The molecule has 2 N–H and O–H groups in total. The molecule has 1 aromatic heterocycles. The third kappa shape index (κ3) is 4.58. The average Bonchev–Trinajstić information content (AvgIpc) is 2.70. The van der Waals surface area contributed by atoms with Gasteiger partial charge in [0.1, 0.15) is 5.03 Å². The van der Waals surface area contributed by atoms with Gasteiger partial charge < -0.3 is 10.6 Å². The molecular weight excluding hydrogens is 370 g/mol. The fourth-order valence-electron chi connectivity index (χ4n) is 2.61. The van der Waals surface area contributed by atoms with Crippen LogP contribution >= 0.6 is 11.8 Å². The van der Waals surface area contributed by atoms with Crippen LogP contribution in [0.2, 0.25) is 0 Å². The topological polar surface area (TPSA) is 71.1 Å². The SMILES string of the molecule is CNC(=O)c1cccc(NC(=O)c2cccnc2Sc2ccc(C)c(C)c2)c1. The van der Waals surface area contributed by atoms with E-state index in [9.17, 15) is 9.59 Å². The molecular formula is C22H21N3O2S. The second-order valence-electron chi connectivity index (χ2n) is 6.32. The minimum absolute atomic E-state index is 0.205. The zero-order valence-electron chi connectivity index (χ0n) is 15.9. The molecule has 2 amide bonds. The summed E-state index contributed by atoms with van der Waals surface area (Å²) >= 11 is 1.45. The molecule has 0 saturated heterocycles. The number of nitrogens with one attached hydrogen (secondary N) is 2. The molecule has 28 heavy (non-hydrogen) atoms. The quantitative estimate of drug-likeness (QED) is 0.674. The Balaban J connectivity index is 1.83. The second kappa shape index (κ2) is 8.71. The maximum Gasteiger partial charge on any atom is 0.258 e. The third-order valence-electron chi connectivity index (χ3n) is 4.32. The summed E-state index contributed by atoms with van der Waals surface area (Å²) in [6, 6.07) is 16.5. The van der Waals surface area contributed by atoms with Gasteiger partial charge in [0.05, 0.1) is 5.56 Å². The Bertz CT molecular complexity index is 1030. The molecule has 0 spiro atoms. The van der Waals surface area contributed by atoms with Crippen LogP contribution in [0.3, 0.4) is 0 Å². The number of carbonyl (C=O) groups excluding carboxylic acids is 2. The number of amides is 2. The van der Waals surface area contributed by atoms with Crippen molar-refractivity contribution >= 4 is 29.3 Å². The lowest BCUT2D eigenvalue weighted by atomic mass is 10.1. The van der Waals surface area contributed by atoms with Crippen LogP contribution in [0.15, 0.2) is 70.7 Å². The highest BCUT2D eigenvalue weighted by atomic mass is 32.2. The molecule has 0 aliphatic rings. The van der Waals surface area contributed by atoms with Crippen molar-refractivity contribution in [3.05, 3.63) is 83.0 Å². The van der Waals surface area contributed by atoms with Crippen molar-refractivity contribution in [1.82, 2.24) is 10.3 Å². The van der Waals surface area contributed by atoms with Crippen molar-refractivity contribution in [2.45, 2.75) is 23.8 Å². The highest BCUT2D eigenvalue weighted by molar-refractivity contribution is 7.99. The first kappa shape index (κ1) is 19.6. The van der Waals surface area contributed by atoms with Crippen LogP contribution in [0.25, 0.3) is 0 Å². The van der Waals surface area contributed by atoms with Gasteiger partial charge in [-0.05, 0) is 67.4 Å². The van der Waals surface area contributed by atoms with Crippen LogP contribution < -0.4 is 10.6 Å². The van der Waals surface area contributed by atoms with E-state index >= 15 is 0 Å². The van der Waals surface area contributed by atoms with Crippen LogP contribution in [-0.4, -0.2) is 23.8 Å². The molecule has 1 heterocycles. The number of aromatic nitrogens is 1. The van der Waals surface area contributed by atoms with Gasteiger partial charge in [0.2, 0.25) is 0 Å². The Morgan fingerprint density at radius 1 is 0.929 bits per heavy atom. The van der Waals surface area contributed by atoms with Crippen molar-refractivity contribution < 1.29 is 9.59 Å². The molecule has 0 atom stereocenters. The van der Waals surface area contributed by atoms with Gasteiger partial charge in [0.15, 0.2) is 0 Å². The van der Waals surface area contributed by atoms with Crippen LogP contribution in [0.5, 0.6) is 0 Å². The van der Waals surface area contributed by atoms with Crippen LogP contribution in [-0.2, 0) is 0 Å². The summed E-state index contributed by atoms with van der Waals surface area (Å²) in [6.45, 7) is 4.13. The van der Waals surface area contributed by atoms with Crippen molar-refractivity contribution in [2.24, 2.45) is 0 Å². The van der Waals surface area contributed by atoms with E-state index < -0.39 is 0 Å². The largest absolute Gasteiger partial charge is 0.355 e. The number of carbonyl (C=O) groups is 2. The maximum absolute atomic E-state index is 12.8. The first-order valence-electron chi connectivity index (χ1n) is 8.81. The van der Waals surface area contributed by atoms with E-state index in [1.165, 1.54) is 22.9 Å². The predicted molar refractivity (Wildman–Crippen MR) is 112 cm³/mol. The summed E-state index contributed by atoms with van der Waals surface area (Å²) in [5, 5.41) is 6.06. The smallest absolute Gasteiger partial charge is 0.258 e. The van der Waals surface area contributed by atoms with E-state index in [0.29, 0.717) is 21.8 Å². The Labute approximate surface area is 168 Å². The zero-order chi connectivity index (χ0) is 20.1. The molecule has 0 aliphatic heterocycles. The third-order valence-corrected chi connectivity index (χ3v) is 5.33. The summed E-state index contributed by atoms with van der Waals surface area (Å²) < 4.78 is 0. The Kier molecular flexibility index (Phi) is 6.11. The van der Waals surface area contributed by atoms with Gasteiger partial charge in [-0.25, -0.2) is 4.98 Å². The van der Waals surface area contributed by atoms with Crippen LogP contribution in [0, 0.1) is 13.8 Å². The van der Waals surface area contributed by atoms with Crippen molar-refractivity contribution in [1.29, 1.82) is 0 Å². The van der Waals surface area contributed by atoms with Gasteiger partial charge in [-0.3, -0.25) is 9.59 Å². The van der Waals surface area contributed by atoms with Gasteiger partial charge in [-0.1, -0.05) is 23.9 Å². The van der Waals surface area contributed by atoms with Gasteiger partial charge >= 0.3 is 0 Å². The lowest BCUT2D eigenvalue weighted by molar-refractivity contribution is 0.0961. The molecule has 6 heteroatoms. The minimum Gasteiger partial charge on any atom is -0.355 e. The number of nitrogens with zero attached hydrogens (tertiary/aromatic N) is 1. The molecule has 3 rings (SSSR count). The van der Waals surface area contributed by atoms with Gasteiger partial charge in [-0.15, -0.1) is 0 Å². The van der Waals surface area contributed by atoms with E-state index in [0.717, 1.165) is 4.90 Å².